The minimum atomic E-state index is -2.00. The number of allylic oxidation sites excluding steroid dienone is 25. The number of rotatable bonds is 63. The molecule has 3 heterocycles. The molecule has 610 valence electrons. The SMILES string of the molecule is CC/C=C\C/C=C\C/C=C\C/C=C\C/C=C\C/C=C\C/C=C\C/C=C\C/C=C\C/C=C\CCCCC(=O)NC(COC1OC(CO)C(OC2OC(CO)C(OC3OC(CO)C(O)C(O)C3O)C(O)C2O)C(O)C1O)C(O)/C=C/CC/C=C/CC/C=C/CCCCCCCCCCCCCCCCCCCCC. The van der Waals surface area contributed by atoms with Crippen molar-refractivity contribution in [1.82, 2.24) is 5.32 Å². The maximum Gasteiger partial charge on any atom is 0.220 e. The molecule has 17 atom stereocenters. The number of amides is 1. The van der Waals surface area contributed by atoms with Crippen molar-refractivity contribution in [2.24, 2.45) is 0 Å². The van der Waals surface area contributed by atoms with Crippen molar-refractivity contribution in [3.63, 3.8) is 0 Å². The van der Waals surface area contributed by atoms with Crippen molar-refractivity contribution >= 4 is 5.91 Å². The number of ether oxygens (including phenoxy) is 6. The van der Waals surface area contributed by atoms with Gasteiger partial charge in [0.05, 0.1) is 38.6 Å². The fraction of sp³-hybridized carbons (Fsp3) is 0.693. The highest BCUT2D eigenvalue weighted by Gasteiger charge is 2.54. The van der Waals surface area contributed by atoms with Gasteiger partial charge in [-0.3, -0.25) is 4.79 Å². The number of carbonyl (C=O) groups excluding carboxylic acids is 1. The Hall–Kier alpha value is -4.59. The van der Waals surface area contributed by atoms with Crippen LogP contribution in [0.4, 0.5) is 0 Å². The average Bonchev–Trinajstić information content (AvgIpc) is 0.782. The number of hydrogen-bond acceptors (Lipinski definition) is 18. The second-order valence-corrected chi connectivity index (χ2v) is 28.5. The minimum Gasteiger partial charge on any atom is -0.394 e. The Labute approximate surface area is 644 Å². The summed E-state index contributed by atoms with van der Waals surface area (Å²) < 4.78 is 34.4. The van der Waals surface area contributed by atoms with Gasteiger partial charge in [0.15, 0.2) is 18.9 Å². The summed E-state index contributed by atoms with van der Waals surface area (Å²) in [5.74, 6) is -0.337. The molecular formula is C88H145NO18. The van der Waals surface area contributed by atoms with Gasteiger partial charge in [0.1, 0.15) is 73.2 Å². The van der Waals surface area contributed by atoms with Gasteiger partial charge in [0.25, 0.3) is 0 Å². The van der Waals surface area contributed by atoms with Crippen molar-refractivity contribution in [2.75, 3.05) is 26.4 Å². The molecule has 3 rings (SSSR count). The Morgan fingerprint density at radius 3 is 1.05 bits per heavy atom. The van der Waals surface area contributed by atoms with Crippen LogP contribution in [-0.2, 0) is 33.2 Å². The van der Waals surface area contributed by atoms with Gasteiger partial charge in [0, 0.05) is 6.42 Å². The zero-order valence-corrected chi connectivity index (χ0v) is 65.3. The van der Waals surface area contributed by atoms with Crippen LogP contribution in [0.5, 0.6) is 0 Å². The van der Waals surface area contributed by atoms with E-state index in [1.165, 1.54) is 122 Å². The van der Waals surface area contributed by atoms with Crippen LogP contribution in [-0.4, -0.2) is 193 Å². The summed E-state index contributed by atoms with van der Waals surface area (Å²) in [4.78, 5) is 13.5. The fourth-order valence-corrected chi connectivity index (χ4v) is 12.7. The zero-order valence-electron chi connectivity index (χ0n) is 65.3. The van der Waals surface area contributed by atoms with E-state index in [-0.39, 0.29) is 12.3 Å². The van der Waals surface area contributed by atoms with Gasteiger partial charge < -0.3 is 89.9 Å². The summed E-state index contributed by atoms with van der Waals surface area (Å²) in [7, 11) is 0. The zero-order chi connectivity index (χ0) is 77.4. The normalized spacial score (nSPS) is 26.4. The number of unbranched alkanes of at least 4 members (excludes halogenated alkanes) is 23. The summed E-state index contributed by atoms with van der Waals surface area (Å²) in [6.07, 6.45) is 70.9. The summed E-state index contributed by atoms with van der Waals surface area (Å²) in [5.41, 5.74) is 0. The van der Waals surface area contributed by atoms with Crippen LogP contribution >= 0.6 is 0 Å². The third-order valence-corrected chi connectivity index (χ3v) is 19.3. The van der Waals surface area contributed by atoms with Crippen LogP contribution in [0.1, 0.15) is 258 Å². The molecule has 0 saturated carbocycles. The van der Waals surface area contributed by atoms with E-state index in [9.17, 15) is 61.0 Å². The summed E-state index contributed by atoms with van der Waals surface area (Å²) in [5, 5.41) is 121. The molecule has 0 radical (unpaired) electrons. The van der Waals surface area contributed by atoms with Gasteiger partial charge in [-0.05, 0) is 122 Å². The Morgan fingerprint density at radius 1 is 0.346 bits per heavy atom. The number of aliphatic hydroxyl groups excluding tert-OH is 11. The van der Waals surface area contributed by atoms with Gasteiger partial charge in [-0.2, -0.15) is 0 Å². The second kappa shape index (κ2) is 66.1. The topological polar surface area (TPSA) is 307 Å². The highest BCUT2D eigenvalue weighted by atomic mass is 16.8. The Balaban J connectivity index is 1.42. The van der Waals surface area contributed by atoms with Crippen molar-refractivity contribution in [3.8, 4) is 0 Å². The molecule has 3 saturated heterocycles. The van der Waals surface area contributed by atoms with Gasteiger partial charge in [-0.25, -0.2) is 0 Å². The van der Waals surface area contributed by atoms with E-state index in [1.54, 1.807) is 6.08 Å². The molecule has 0 spiro atoms. The van der Waals surface area contributed by atoms with Crippen LogP contribution in [0, 0.1) is 0 Å². The molecule has 17 unspecified atom stereocenters. The molecule has 3 fully saturated rings. The number of carbonyl (C=O) groups is 1. The first-order chi connectivity index (χ1) is 52.3. The smallest absolute Gasteiger partial charge is 0.220 e. The van der Waals surface area contributed by atoms with Crippen molar-refractivity contribution in [2.45, 2.75) is 362 Å². The predicted octanol–water partition coefficient (Wildman–Crippen LogP) is 14.4. The van der Waals surface area contributed by atoms with Crippen LogP contribution < -0.4 is 5.32 Å². The van der Waals surface area contributed by atoms with Gasteiger partial charge in [0.2, 0.25) is 5.91 Å². The molecule has 0 bridgehead atoms. The van der Waals surface area contributed by atoms with Crippen LogP contribution in [0.25, 0.3) is 0 Å². The number of hydrogen-bond donors (Lipinski definition) is 12. The molecule has 107 heavy (non-hydrogen) atoms. The Morgan fingerprint density at radius 2 is 0.654 bits per heavy atom. The molecular weight excluding hydrogens is 1360 g/mol. The molecule has 19 heteroatoms. The summed E-state index contributed by atoms with van der Waals surface area (Å²) >= 11 is 0. The molecule has 0 aromatic rings. The quantitative estimate of drug-likeness (QED) is 0.0199. The van der Waals surface area contributed by atoms with Crippen molar-refractivity contribution in [3.05, 3.63) is 158 Å². The molecule has 12 N–H and O–H groups in total. The molecule has 3 aliphatic heterocycles. The molecule has 0 aromatic heterocycles. The standard InChI is InChI=1S/C88H145NO18/c1-3-5-7-9-11-13-15-17-19-21-23-25-27-29-31-33-34-35-36-38-40-42-44-46-48-50-52-54-56-58-60-62-64-66-76(94)89-71(72(93)65-63-61-59-57-55-53-51-49-47-45-43-41-39-37-32-30-28-26-24-22-20-18-16-14-12-10-8-6-4-2)70-102-86-82(100)79(97)84(74(68-91)104-86)107-88-83(101)80(98)85(75(69-92)105-88)106-87-81(99)78(96)77(95)73(67-90)103-87/h5,7,11,13,17,19,23,25,29,31,34-35,38,40,44,46-47,49-50,52,55-58,63,65,71-75,77-88,90-93,95-101H,3-4,6,8-10,12,14-16,18,20-22,24,26-28,30,32-33,36-37,39,41-43,45,48,51,53-54,59-62,64,66-70H2,1-2H3,(H,89,94)/b7-5-,13-11-,19-17-,25-23-,31-29-,35-34-,40-38-,46-44-,49-47+,52-50-,57-55+,58-56-,65-63+. The molecule has 0 aliphatic carbocycles. The molecule has 19 nitrogen and oxygen atoms in total. The Kier molecular flexibility index (Phi) is 59.6. The molecule has 3 aliphatic rings. The Bertz CT molecular complexity index is 2550. The lowest BCUT2D eigenvalue weighted by atomic mass is 9.96. The maximum atomic E-state index is 13.5. The third-order valence-electron chi connectivity index (χ3n) is 19.3. The van der Waals surface area contributed by atoms with E-state index < -0.39 is 131 Å². The molecule has 0 aromatic carbocycles. The van der Waals surface area contributed by atoms with E-state index in [1.807, 2.05) is 6.08 Å². The second-order valence-electron chi connectivity index (χ2n) is 28.5. The third kappa shape index (κ3) is 45.5. The first-order valence-corrected chi connectivity index (χ1v) is 41.2. The van der Waals surface area contributed by atoms with Gasteiger partial charge >= 0.3 is 0 Å². The summed E-state index contributed by atoms with van der Waals surface area (Å²) in [6, 6.07) is -1.03. The van der Waals surface area contributed by atoms with E-state index in [0.29, 0.717) is 12.8 Å². The molecule has 1 amide bonds. The number of aliphatic hydroxyl groups is 11. The maximum absolute atomic E-state index is 13.5. The minimum absolute atomic E-state index is 0.165. The highest BCUT2D eigenvalue weighted by Crippen LogP contribution is 2.33. The van der Waals surface area contributed by atoms with E-state index in [4.69, 9.17) is 28.4 Å². The fourth-order valence-electron chi connectivity index (χ4n) is 12.7. The van der Waals surface area contributed by atoms with Gasteiger partial charge in [-0.1, -0.05) is 287 Å². The predicted molar refractivity (Wildman–Crippen MR) is 429 cm³/mol. The lowest BCUT2D eigenvalue weighted by Gasteiger charge is -2.48. The van der Waals surface area contributed by atoms with Crippen molar-refractivity contribution < 1.29 is 89.4 Å². The summed E-state index contributed by atoms with van der Waals surface area (Å²) in [6.45, 7) is 1.57. The lowest BCUT2D eigenvalue weighted by molar-refractivity contribution is -0.379. The van der Waals surface area contributed by atoms with E-state index in [0.717, 1.165) is 103 Å². The van der Waals surface area contributed by atoms with E-state index in [2.05, 4.69) is 165 Å². The van der Waals surface area contributed by atoms with E-state index >= 15 is 0 Å². The monoisotopic (exact) mass is 1500 g/mol. The largest absolute Gasteiger partial charge is 0.394 e. The van der Waals surface area contributed by atoms with Crippen LogP contribution in [0.2, 0.25) is 0 Å². The van der Waals surface area contributed by atoms with Crippen LogP contribution in [0.15, 0.2) is 158 Å². The average molecular weight is 1510 g/mol. The first-order valence-electron chi connectivity index (χ1n) is 41.2. The first kappa shape index (κ1) is 96.6. The van der Waals surface area contributed by atoms with Crippen LogP contribution in [0.3, 0.4) is 0 Å². The number of nitrogens with one attached hydrogen (secondary N) is 1. The van der Waals surface area contributed by atoms with Crippen molar-refractivity contribution in [1.29, 1.82) is 0 Å². The highest BCUT2D eigenvalue weighted by molar-refractivity contribution is 5.76. The van der Waals surface area contributed by atoms with Gasteiger partial charge in [-0.15, -0.1) is 0 Å². The lowest BCUT2D eigenvalue weighted by Crippen LogP contribution is -2.66.